The van der Waals surface area contributed by atoms with Gasteiger partial charge in [0.25, 0.3) is 0 Å². The van der Waals surface area contributed by atoms with E-state index in [-0.39, 0.29) is 43.4 Å². The summed E-state index contributed by atoms with van der Waals surface area (Å²) in [5, 5.41) is 26.2. The molecule has 0 aliphatic rings. The summed E-state index contributed by atoms with van der Waals surface area (Å²) >= 11 is 0. The third-order valence-electron chi connectivity index (χ3n) is 6.12. The molecule has 15 nitrogen and oxygen atoms in total. The maximum absolute atomic E-state index is 13.3. The quantitative estimate of drug-likeness (QED) is 0.0558. The average Bonchev–Trinajstić information content (AvgIpc) is 2.88. The summed E-state index contributed by atoms with van der Waals surface area (Å²) in [7, 11) is 0. The number of hydrogen-bond donors (Lipinski definition) is 9. The summed E-state index contributed by atoms with van der Waals surface area (Å²) in [5.41, 5.74) is 22.5. The van der Waals surface area contributed by atoms with Crippen molar-refractivity contribution in [2.24, 2.45) is 33.8 Å². The van der Waals surface area contributed by atoms with Crippen LogP contribution in [0.3, 0.4) is 0 Å². The molecular formula is C25H40N8O7. The minimum Gasteiger partial charge on any atom is -0.508 e. The molecule has 4 amide bonds. The van der Waals surface area contributed by atoms with Crippen molar-refractivity contribution in [1.29, 1.82) is 0 Å². The Morgan fingerprint density at radius 2 is 1.52 bits per heavy atom. The van der Waals surface area contributed by atoms with E-state index >= 15 is 0 Å². The van der Waals surface area contributed by atoms with E-state index in [0.29, 0.717) is 12.0 Å². The fourth-order valence-corrected chi connectivity index (χ4v) is 3.65. The third kappa shape index (κ3) is 12.0. The van der Waals surface area contributed by atoms with Crippen LogP contribution in [0.25, 0.3) is 0 Å². The molecule has 0 fully saturated rings. The average molecular weight is 565 g/mol. The van der Waals surface area contributed by atoms with Crippen molar-refractivity contribution < 1.29 is 34.2 Å². The van der Waals surface area contributed by atoms with E-state index in [1.807, 2.05) is 6.92 Å². The first kappa shape index (κ1) is 33.6. The maximum Gasteiger partial charge on any atom is 0.326 e. The van der Waals surface area contributed by atoms with Crippen LogP contribution in [0.1, 0.15) is 45.1 Å². The summed E-state index contributed by atoms with van der Waals surface area (Å²) in [5.74, 6) is -5.05. The number of aliphatic carboxylic acids is 1. The van der Waals surface area contributed by atoms with Gasteiger partial charge in [-0.2, -0.15) is 0 Å². The predicted molar refractivity (Wildman–Crippen MR) is 146 cm³/mol. The van der Waals surface area contributed by atoms with Crippen LogP contribution in [0.5, 0.6) is 5.75 Å². The number of primary amides is 1. The summed E-state index contributed by atoms with van der Waals surface area (Å²) in [6, 6.07) is 1.24. The van der Waals surface area contributed by atoms with Crippen molar-refractivity contribution in [3.8, 4) is 5.75 Å². The van der Waals surface area contributed by atoms with Crippen LogP contribution >= 0.6 is 0 Å². The van der Waals surface area contributed by atoms with Gasteiger partial charge in [-0.1, -0.05) is 32.4 Å². The van der Waals surface area contributed by atoms with Crippen molar-refractivity contribution in [2.45, 2.75) is 70.1 Å². The number of aliphatic imine (C=N–C) groups is 1. The number of carboxylic acid groups (broad SMARTS) is 1. The van der Waals surface area contributed by atoms with Crippen LogP contribution in [0.15, 0.2) is 29.3 Å². The number of nitrogens with zero attached hydrogens (tertiary/aromatic N) is 1. The lowest BCUT2D eigenvalue weighted by Gasteiger charge is -2.28. The fraction of sp³-hybridized carbons (Fsp3) is 0.520. The van der Waals surface area contributed by atoms with Crippen LogP contribution in [-0.4, -0.2) is 76.5 Å². The van der Waals surface area contributed by atoms with Crippen molar-refractivity contribution in [2.75, 3.05) is 6.54 Å². The molecule has 5 atom stereocenters. The Bertz CT molecular complexity index is 1060. The molecule has 1 aromatic rings. The molecule has 0 saturated carbocycles. The number of amides is 4. The van der Waals surface area contributed by atoms with Crippen molar-refractivity contribution >= 4 is 35.6 Å². The van der Waals surface area contributed by atoms with Gasteiger partial charge >= 0.3 is 5.97 Å². The van der Waals surface area contributed by atoms with Gasteiger partial charge in [-0.05, 0) is 42.9 Å². The number of guanidine groups is 1. The first-order valence-corrected chi connectivity index (χ1v) is 12.8. The van der Waals surface area contributed by atoms with Gasteiger partial charge in [0.2, 0.25) is 23.6 Å². The molecule has 0 aliphatic carbocycles. The SMILES string of the molecule is CCC(C)C(NC(=O)C(N)Cc1ccc(O)cc1)C(=O)NC(CCCN=C(N)N)C(=O)NC(CC(N)=O)C(=O)O. The molecule has 40 heavy (non-hydrogen) atoms. The minimum absolute atomic E-state index is 0.0127. The number of phenols is 1. The predicted octanol–water partition coefficient (Wildman–Crippen LogP) is -2.22. The molecular weight excluding hydrogens is 524 g/mol. The van der Waals surface area contributed by atoms with E-state index in [2.05, 4.69) is 20.9 Å². The zero-order chi connectivity index (χ0) is 30.4. The van der Waals surface area contributed by atoms with E-state index in [1.54, 1.807) is 19.1 Å². The lowest BCUT2D eigenvalue weighted by Crippen LogP contribution is -2.59. The van der Waals surface area contributed by atoms with E-state index in [9.17, 15) is 34.2 Å². The van der Waals surface area contributed by atoms with Crippen LogP contribution in [0.2, 0.25) is 0 Å². The Morgan fingerprint density at radius 1 is 0.925 bits per heavy atom. The van der Waals surface area contributed by atoms with E-state index in [0.717, 1.165) is 0 Å². The van der Waals surface area contributed by atoms with Gasteiger partial charge in [-0.15, -0.1) is 0 Å². The molecule has 0 aromatic heterocycles. The Labute approximate surface area is 232 Å². The van der Waals surface area contributed by atoms with Crippen LogP contribution in [0, 0.1) is 5.92 Å². The van der Waals surface area contributed by atoms with Crippen molar-refractivity contribution in [3.63, 3.8) is 0 Å². The van der Waals surface area contributed by atoms with Gasteiger partial charge in [0.15, 0.2) is 5.96 Å². The molecule has 1 aromatic carbocycles. The molecule has 0 bridgehead atoms. The molecule has 222 valence electrons. The molecule has 5 unspecified atom stereocenters. The van der Waals surface area contributed by atoms with E-state index in [4.69, 9.17) is 22.9 Å². The highest BCUT2D eigenvalue weighted by Crippen LogP contribution is 2.13. The summed E-state index contributed by atoms with van der Waals surface area (Å²) in [6.45, 7) is 3.68. The zero-order valence-electron chi connectivity index (χ0n) is 22.6. The standard InChI is InChI=1S/C25H40N8O7/c1-3-13(2)20(33-21(36)16(26)11-14-6-8-15(34)9-7-14)23(38)31-17(5-4-10-30-25(28)29)22(37)32-18(24(39)40)12-19(27)35/h6-9,13,16-18,20,34H,3-5,10-12,26H2,1-2H3,(H2,27,35)(H,31,38)(H,32,37)(H,33,36)(H,39,40)(H4,28,29,30). The van der Waals surface area contributed by atoms with Crippen molar-refractivity contribution in [1.82, 2.24) is 16.0 Å². The van der Waals surface area contributed by atoms with E-state index < -0.39 is 60.2 Å². The number of aromatic hydroxyl groups is 1. The molecule has 13 N–H and O–H groups in total. The molecule has 0 aliphatic heterocycles. The smallest absolute Gasteiger partial charge is 0.326 e. The number of nitrogens with one attached hydrogen (secondary N) is 3. The third-order valence-corrected chi connectivity index (χ3v) is 6.12. The monoisotopic (exact) mass is 564 g/mol. The molecule has 0 heterocycles. The summed E-state index contributed by atoms with van der Waals surface area (Å²) < 4.78 is 0. The Kier molecular flexibility index (Phi) is 13.9. The molecule has 0 radical (unpaired) electrons. The number of nitrogens with two attached hydrogens (primary N) is 4. The number of carboxylic acids is 1. The van der Waals surface area contributed by atoms with Crippen molar-refractivity contribution in [3.05, 3.63) is 29.8 Å². The minimum atomic E-state index is -1.61. The van der Waals surface area contributed by atoms with Gasteiger partial charge in [0, 0.05) is 6.54 Å². The lowest BCUT2D eigenvalue weighted by molar-refractivity contribution is -0.143. The highest BCUT2D eigenvalue weighted by atomic mass is 16.4. The number of hydrogen-bond acceptors (Lipinski definition) is 8. The number of rotatable bonds is 17. The highest BCUT2D eigenvalue weighted by Gasteiger charge is 2.32. The molecule has 15 heteroatoms. The van der Waals surface area contributed by atoms with Gasteiger partial charge in [0.05, 0.1) is 12.5 Å². The highest BCUT2D eigenvalue weighted by molar-refractivity contribution is 5.95. The zero-order valence-corrected chi connectivity index (χ0v) is 22.6. The molecule has 0 saturated heterocycles. The van der Waals surface area contributed by atoms with Crippen LogP contribution < -0.4 is 38.9 Å². The normalized spacial score (nSPS) is 14.5. The summed E-state index contributed by atoms with van der Waals surface area (Å²) in [4.78, 5) is 65.7. The second-order valence-corrected chi connectivity index (χ2v) is 9.43. The first-order chi connectivity index (χ1) is 18.7. The van der Waals surface area contributed by atoms with Crippen LogP contribution in [0.4, 0.5) is 0 Å². The maximum atomic E-state index is 13.3. The second kappa shape index (κ2) is 16.5. The largest absolute Gasteiger partial charge is 0.508 e. The summed E-state index contributed by atoms with van der Waals surface area (Å²) in [6.07, 6.45) is 0.237. The second-order valence-electron chi connectivity index (χ2n) is 9.43. The van der Waals surface area contributed by atoms with Gasteiger partial charge in [-0.25, -0.2) is 4.79 Å². The van der Waals surface area contributed by atoms with Gasteiger partial charge < -0.3 is 49.1 Å². The van der Waals surface area contributed by atoms with Gasteiger partial charge in [-0.3, -0.25) is 24.2 Å². The fourth-order valence-electron chi connectivity index (χ4n) is 3.65. The Morgan fingerprint density at radius 3 is 2.05 bits per heavy atom. The van der Waals surface area contributed by atoms with E-state index in [1.165, 1.54) is 12.1 Å². The molecule has 0 spiro atoms. The topological polar surface area (TPSA) is 278 Å². The first-order valence-electron chi connectivity index (χ1n) is 12.8. The van der Waals surface area contributed by atoms with Crippen LogP contribution in [-0.2, 0) is 30.4 Å². The number of phenolic OH excluding ortho intramolecular Hbond substituents is 1. The Balaban J connectivity index is 3.06. The Hall–Kier alpha value is -4.40. The number of carbonyl (C=O) groups is 5. The number of benzene rings is 1. The lowest BCUT2D eigenvalue weighted by atomic mass is 9.96. The number of carbonyl (C=O) groups excluding carboxylic acids is 4. The molecule has 1 rings (SSSR count). The van der Waals surface area contributed by atoms with Gasteiger partial charge in [0.1, 0.15) is 23.9 Å².